The van der Waals surface area contributed by atoms with Crippen molar-refractivity contribution < 1.29 is 18.0 Å². The minimum absolute atomic E-state index is 0.00144. The number of carbonyl (C=O) groups excluding carboxylic acids is 2. The average Bonchev–Trinajstić information content (AvgIpc) is 2.93. The van der Waals surface area contributed by atoms with Gasteiger partial charge in [-0.3, -0.25) is 13.9 Å². The van der Waals surface area contributed by atoms with Gasteiger partial charge in [0.05, 0.1) is 10.6 Å². The molecule has 3 aromatic rings. The number of benzene rings is 3. The number of nitrogens with zero attached hydrogens (tertiary/aromatic N) is 2. The first-order chi connectivity index (χ1) is 19.1. The maximum Gasteiger partial charge on any atom is 0.264 e. The molecule has 0 aliphatic carbocycles. The lowest BCUT2D eigenvalue weighted by molar-refractivity contribution is -0.140. The van der Waals surface area contributed by atoms with Crippen LogP contribution >= 0.6 is 23.2 Å². The molecule has 214 valence electrons. The summed E-state index contributed by atoms with van der Waals surface area (Å²) in [6.07, 6.45) is 2.08. The number of unbranched alkanes of at least 4 members (excludes halogenated alkanes) is 1. The Morgan fingerprint density at radius 3 is 2.08 bits per heavy atom. The number of anilines is 1. The standard InChI is InChI=1S/C30H35Cl2N3O4S/c1-4-6-19-33-30(37)27(5-2)34(20-23-11-13-24(31)14-12-23)29(36)21-35(28-10-8-7-9-22(28)3)40(38,39)26-17-15-25(32)16-18-26/h7-18,27H,4-6,19-21H2,1-3H3,(H,33,37)/t27-/m1/s1. The Kier molecular flexibility index (Phi) is 11.4. The third-order valence-electron chi connectivity index (χ3n) is 6.55. The van der Waals surface area contributed by atoms with E-state index in [9.17, 15) is 18.0 Å². The molecule has 0 aliphatic heterocycles. The summed E-state index contributed by atoms with van der Waals surface area (Å²) < 4.78 is 28.9. The van der Waals surface area contributed by atoms with Gasteiger partial charge in [0.15, 0.2) is 0 Å². The van der Waals surface area contributed by atoms with Crippen LogP contribution in [0.5, 0.6) is 0 Å². The highest BCUT2D eigenvalue weighted by Gasteiger charge is 2.34. The molecule has 7 nitrogen and oxygen atoms in total. The van der Waals surface area contributed by atoms with Crippen molar-refractivity contribution in [3.63, 3.8) is 0 Å². The Morgan fingerprint density at radius 1 is 0.900 bits per heavy atom. The van der Waals surface area contributed by atoms with Crippen LogP contribution in [0, 0.1) is 6.92 Å². The number of rotatable bonds is 13. The molecule has 0 aliphatic rings. The Bertz CT molecular complexity index is 1400. The fourth-order valence-electron chi connectivity index (χ4n) is 4.30. The number of hydrogen-bond donors (Lipinski definition) is 1. The Balaban J connectivity index is 2.04. The van der Waals surface area contributed by atoms with Crippen LogP contribution < -0.4 is 9.62 Å². The lowest BCUT2D eigenvalue weighted by atomic mass is 10.1. The zero-order valence-corrected chi connectivity index (χ0v) is 25.3. The van der Waals surface area contributed by atoms with Gasteiger partial charge in [0.2, 0.25) is 11.8 Å². The molecule has 0 saturated carbocycles. The summed E-state index contributed by atoms with van der Waals surface area (Å²) in [7, 11) is -4.16. The first kappa shape index (κ1) is 31.5. The molecule has 1 atom stereocenters. The molecule has 0 fully saturated rings. The van der Waals surface area contributed by atoms with E-state index in [1.807, 2.05) is 13.8 Å². The van der Waals surface area contributed by atoms with E-state index in [1.54, 1.807) is 55.5 Å². The van der Waals surface area contributed by atoms with Crippen LogP contribution in [0.15, 0.2) is 77.7 Å². The first-order valence-electron chi connectivity index (χ1n) is 13.2. The predicted octanol–water partition coefficient (Wildman–Crippen LogP) is 6.22. The van der Waals surface area contributed by atoms with Crippen LogP contribution in [-0.2, 0) is 26.2 Å². The molecule has 0 spiro atoms. The molecular weight excluding hydrogens is 569 g/mol. The second-order valence-corrected chi connectivity index (χ2v) is 12.2. The molecule has 0 unspecified atom stereocenters. The normalized spacial score (nSPS) is 12.0. The highest BCUT2D eigenvalue weighted by atomic mass is 35.5. The molecule has 0 aromatic heterocycles. The molecule has 0 bridgehead atoms. The molecule has 40 heavy (non-hydrogen) atoms. The van der Waals surface area contributed by atoms with Gasteiger partial charge in [-0.05, 0) is 73.4 Å². The minimum atomic E-state index is -4.16. The number of halogens is 2. The van der Waals surface area contributed by atoms with Gasteiger partial charge in [-0.25, -0.2) is 8.42 Å². The van der Waals surface area contributed by atoms with Crippen LogP contribution in [0.1, 0.15) is 44.2 Å². The highest BCUT2D eigenvalue weighted by Crippen LogP contribution is 2.28. The van der Waals surface area contributed by atoms with Crippen molar-refractivity contribution in [2.75, 3.05) is 17.4 Å². The molecule has 1 N–H and O–H groups in total. The van der Waals surface area contributed by atoms with E-state index in [4.69, 9.17) is 23.2 Å². The number of carbonyl (C=O) groups is 2. The van der Waals surface area contributed by atoms with Crippen molar-refractivity contribution in [3.05, 3.63) is 94.0 Å². The van der Waals surface area contributed by atoms with Crippen LogP contribution in [0.25, 0.3) is 0 Å². The predicted molar refractivity (Wildman–Crippen MR) is 161 cm³/mol. The largest absolute Gasteiger partial charge is 0.354 e. The number of sulfonamides is 1. The maximum absolute atomic E-state index is 14.1. The zero-order valence-electron chi connectivity index (χ0n) is 22.9. The molecule has 0 saturated heterocycles. The summed E-state index contributed by atoms with van der Waals surface area (Å²) in [4.78, 5) is 28.8. The van der Waals surface area contributed by atoms with Gasteiger partial charge in [-0.15, -0.1) is 0 Å². The van der Waals surface area contributed by atoms with Crippen molar-refractivity contribution in [2.24, 2.45) is 0 Å². The van der Waals surface area contributed by atoms with Gasteiger partial charge in [0, 0.05) is 23.1 Å². The molecule has 0 heterocycles. The van der Waals surface area contributed by atoms with E-state index < -0.39 is 28.5 Å². The molecule has 3 aromatic carbocycles. The van der Waals surface area contributed by atoms with Gasteiger partial charge < -0.3 is 10.2 Å². The number of hydrogen-bond acceptors (Lipinski definition) is 4. The van der Waals surface area contributed by atoms with E-state index in [1.165, 1.54) is 29.2 Å². The minimum Gasteiger partial charge on any atom is -0.354 e. The average molecular weight is 605 g/mol. The van der Waals surface area contributed by atoms with Crippen molar-refractivity contribution >= 4 is 50.7 Å². The lowest BCUT2D eigenvalue weighted by Crippen LogP contribution is -2.52. The molecular formula is C30H35Cl2N3O4S. The second kappa shape index (κ2) is 14.5. The van der Waals surface area contributed by atoms with Crippen LogP contribution in [0.3, 0.4) is 0 Å². The van der Waals surface area contributed by atoms with E-state index in [-0.39, 0.29) is 17.3 Å². The maximum atomic E-state index is 14.1. The summed E-state index contributed by atoms with van der Waals surface area (Å²) in [6, 6.07) is 19.0. The Morgan fingerprint density at radius 2 is 1.50 bits per heavy atom. The Labute approximate surface area is 247 Å². The summed E-state index contributed by atoms with van der Waals surface area (Å²) >= 11 is 12.1. The number of nitrogens with one attached hydrogen (secondary N) is 1. The summed E-state index contributed by atoms with van der Waals surface area (Å²) in [6.45, 7) is 5.75. The molecule has 0 radical (unpaired) electrons. The van der Waals surface area contributed by atoms with Gasteiger partial charge in [0.1, 0.15) is 12.6 Å². The topological polar surface area (TPSA) is 86.8 Å². The smallest absolute Gasteiger partial charge is 0.264 e. The van der Waals surface area contributed by atoms with Gasteiger partial charge >= 0.3 is 0 Å². The van der Waals surface area contributed by atoms with E-state index in [0.29, 0.717) is 34.3 Å². The van der Waals surface area contributed by atoms with Crippen molar-refractivity contribution in [2.45, 2.75) is 57.5 Å². The summed E-state index contributed by atoms with van der Waals surface area (Å²) in [5, 5.41) is 3.86. The fourth-order valence-corrected chi connectivity index (χ4v) is 6.03. The third-order valence-corrected chi connectivity index (χ3v) is 8.82. The monoisotopic (exact) mass is 603 g/mol. The van der Waals surface area contributed by atoms with E-state index in [0.717, 1.165) is 22.7 Å². The van der Waals surface area contributed by atoms with E-state index in [2.05, 4.69) is 5.32 Å². The highest BCUT2D eigenvalue weighted by molar-refractivity contribution is 7.92. The molecule has 10 heteroatoms. The van der Waals surface area contributed by atoms with E-state index >= 15 is 0 Å². The fraction of sp³-hybridized carbons (Fsp3) is 0.333. The SMILES string of the molecule is CCCCNC(=O)[C@@H](CC)N(Cc1ccc(Cl)cc1)C(=O)CN(c1ccccc1C)S(=O)(=O)c1ccc(Cl)cc1. The van der Waals surface area contributed by atoms with Crippen LogP contribution in [0.2, 0.25) is 10.0 Å². The zero-order chi connectivity index (χ0) is 29.3. The third kappa shape index (κ3) is 7.99. The van der Waals surface area contributed by atoms with Crippen LogP contribution in [-0.4, -0.2) is 44.3 Å². The molecule has 2 amide bonds. The quantitative estimate of drug-likeness (QED) is 0.235. The lowest BCUT2D eigenvalue weighted by Gasteiger charge is -2.33. The number of aryl methyl sites for hydroxylation is 1. The first-order valence-corrected chi connectivity index (χ1v) is 15.4. The number of amides is 2. The summed E-state index contributed by atoms with van der Waals surface area (Å²) in [5.74, 6) is -0.783. The van der Waals surface area contributed by atoms with Crippen molar-refractivity contribution in [3.8, 4) is 0 Å². The number of para-hydroxylation sites is 1. The molecule has 3 rings (SSSR count). The van der Waals surface area contributed by atoms with Crippen molar-refractivity contribution in [1.29, 1.82) is 0 Å². The van der Waals surface area contributed by atoms with Gasteiger partial charge in [-0.2, -0.15) is 0 Å². The Hall–Kier alpha value is -3.07. The van der Waals surface area contributed by atoms with Gasteiger partial charge in [0.25, 0.3) is 10.0 Å². The second-order valence-electron chi connectivity index (χ2n) is 9.47. The van der Waals surface area contributed by atoms with Crippen molar-refractivity contribution in [1.82, 2.24) is 10.2 Å². The summed E-state index contributed by atoms with van der Waals surface area (Å²) in [5.41, 5.74) is 1.82. The van der Waals surface area contributed by atoms with Crippen LogP contribution in [0.4, 0.5) is 5.69 Å². The van der Waals surface area contributed by atoms with Gasteiger partial charge in [-0.1, -0.05) is 73.8 Å².